The van der Waals surface area contributed by atoms with Crippen LogP contribution in [0.2, 0.25) is 0 Å². The molecule has 0 saturated carbocycles. The second-order valence-corrected chi connectivity index (χ2v) is 6.65. The van der Waals surface area contributed by atoms with Crippen LogP contribution in [0.25, 0.3) is 0 Å². The summed E-state index contributed by atoms with van der Waals surface area (Å²) in [5.41, 5.74) is 3.74. The molecule has 148 valence electrons. The van der Waals surface area contributed by atoms with Crippen molar-refractivity contribution in [1.29, 1.82) is 0 Å². The Balaban J connectivity index is 1.70. The molecule has 0 radical (unpaired) electrons. The SMILES string of the molecule is CCOc1ccc(NC(=O)c2cccc(C(=O)Nc3cc(C)cc(C)c3)n2)cc1. The van der Waals surface area contributed by atoms with Crippen LogP contribution in [0.5, 0.6) is 5.75 Å². The minimum atomic E-state index is -0.393. The molecule has 6 heteroatoms. The second kappa shape index (κ2) is 9.01. The van der Waals surface area contributed by atoms with Gasteiger partial charge >= 0.3 is 0 Å². The van der Waals surface area contributed by atoms with E-state index in [1.54, 1.807) is 42.5 Å². The Morgan fingerprint density at radius 2 is 1.38 bits per heavy atom. The Morgan fingerprint density at radius 1 is 0.828 bits per heavy atom. The first-order valence-corrected chi connectivity index (χ1v) is 9.35. The van der Waals surface area contributed by atoms with Crippen LogP contribution in [0.3, 0.4) is 0 Å². The molecule has 0 atom stereocenters. The number of carbonyl (C=O) groups is 2. The molecule has 0 saturated heterocycles. The van der Waals surface area contributed by atoms with Crippen molar-refractivity contribution in [1.82, 2.24) is 4.98 Å². The number of benzene rings is 2. The lowest BCUT2D eigenvalue weighted by Gasteiger charge is -2.09. The van der Waals surface area contributed by atoms with Crippen LogP contribution in [0.15, 0.2) is 60.7 Å². The molecule has 2 N–H and O–H groups in total. The van der Waals surface area contributed by atoms with Gasteiger partial charge in [0.15, 0.2) is 0 Å². The number of hydrogen-bond donors (Lipinski definition) is 2. The molecule has 3 rings (SSSR count). The molecular weight excluding hydrogens is 366 g/mol. The van der Waals surface area contributed by atoms with Crippen molar-refractivity contribution in [3.8, 4) is 5.75 Å². The van der Waals surface area contributed by atoms with E-state index < -0.39 is 5.91 Å². The zero-order chi connectivity index (χ0) is 20.8. The van der Waals surface area contributed by atoms with Crippen LogP contribution in [-0.2, 0) is 0 Å². The number of anilines is 2. The average Bonchev–Trinajstić information content (AvgIpc) is 2.69. The van der Waals surface area contributed by atoms with E-state index in [1.807, 2.05) is 39.0 Å². The van der Waals surface area contributed by atoms with E-state index in [0.717, 1.165) is 16.9 Å². The predicted molar refractivity (Wildman–Crippen MR) is 114 cm³/mol. The topological polar surface area (TPSA) is 80.3 Å². The number of rotatable bonds is 6. The Kier molecular flexibility index (Phi) is 6.24. The fourth-order valence-corrected chi connectivity index (χ4v) is 2.93. The lowest BCUT2D eigenvalue weighted by atomic mass is 10.1. The quantitative estimate of drug-likeness (QED) is 0.646. The van der Waals surface area contributed by atoms with E-state index >= 15 is 0 Å². The van der Waals surface area contributed by atoms with Gasteiger partial charge in [-0.05, 0) is 80.4 Å². The van der Waals surface area contributed by atoms with Gasteiger partial charge in [-0.2, -0.15) is 0 Å². The van der Waals surface area contributed by atoms with E-state index in [2.05, 4.69) is 15.6 Å². The van der Waals surface area contributed by atoms with Crippen molar-refractivity contribution < 1.29 is 14.3 Å². The van der Waals surface area contributed by atoms with E-state index in [-0.39, 0.29) is 17.3 Å². The van der Waals surface area contributed by atoms with E-state index in [9.17, 15) is 9.59 Å². The third kappa shape index (κ3) is 5.42. The maximum atomic E-state index is 12.5. The van der Waals surface area contributed by atoms with Gasteiger partial charge < -0.3 is 15.4 Å². The molecule has 0 unspecified atom stereocenters. The van der Waals surface area contributed by atoms with Crippen molar-refractivity contribution in [2.24, 2.45) is 0 Å². The summed E-state index contributed by atoms with van der Waals surface area (Å²) in [7, 11) is 0. The number of aromatic nitrogens is 1. The Labute approximate surface area is 169 Å². The van der Waals surface area contributed by atoms with Gasteiger partial charge in [0.05, 0.1) is 6.61 Å². The van der Waals surface area contributed by atoms with Gasteiger partial charge in [0.2, 0.25) is 0 Å². The highest BCUT2D eigenvalue weighted by atomic mass is 16.5. The van der Waals surface area contributed by atoms with Crippen molar-refractivity contribution in [2.75, 3.05) is 17.2 Å². The molecule has 29 heavy (non-hydrogen) atoms. The van der Waals surface area contributed by atoms with Crippen molar-refractivity contribution in [3.63, 3.8) is 0 Å². The third-order valence-electron chi connectivity index (χ3n) is 4.12. The Morgan fingerprint density at radius 3 is 1.93 bits per heavy atom. The molecule has 0 bridgehead atoms. The first kappa shape index (κ1) is 20.1. The molecule has 0 aliphatic rings. The standard InChI is InChI=1S/C23H23N3O3/c1-4-29-19-10-8-17(9-11-19)24-22(27)20-6-5-7-21(26-20)23(28)25-18-13-15(2)12-16(3)14-18/h5-14H,4H2,1-3H3,(H,24,27)(H,25,28). The summed E-state index contributed by atoms with van der Waals surface area (Å²) in [5.74, 6) is -0.0328. The second-order valence-electron chi connectivity index (χ2n) is 6.65. The number of amides is 2. The van der Waals surface area contributed by atoms with Gasteiger partial charge in [-0.15, -0.1) is 0 Å². The predicted octanol–water partition coefficient (Wildman–Crippen LogP) is 4.60. The Bertz CT molecular complexity index is 1010. The summed E-state index contributed by atoms with van der Waals surface area (Å²) in [6.07, 6.45) is 0. The minimum Gasteiger partial charge on any atom is -0.494 e. The van der Waals surface area contributed by atoms with Crippen LogP contribution in [0, 0.1) is 13.8 Å². The number of nitrogens with zero attached hydrogens (tertiary/aromatic N) is 1. The van der Waals surface area contributed by atoms with E-state index in [4.69, 9.17) is 4.74 Å². The molecule has 2 amide bonds. The minimum absolute atomic E-state index is 0.159. The third-order valence-corrected chi connectivity index (χ3v) is 4.12. The van der Waals surface area contributed by atoms with Crippen LogP contribution in [-0.4, -0.2) is 23.4 Å². The molecule has 2 aromatic carbocycles. The van der Waals surface area contributed by atoms with Gasteiger partial charge in [0.25, 0.3) is 11.8 Å². The Hall–Kier alpha value is -3.67. The summed E-state index contributed by atoms with van der Waals surface area (Å²) in [6, 6.07) is 17.6. The average molecular weight is 389 g/mol. The summed E-state index contributed by atoms with van der Waals surface area (Å²) >= 11 is 0. The molecule has 3 aromatic rings. The summed E-state index contributed by atoms with van der Waals surface area (Å²) in [5, 5.41) is 5.60. The zero-order valence-corrected chi connectivity index (χ0v) is 16.7. The van der Waals surface area contributed by atoms with Gasteiger partial charge in [-0.3, -0.25) is 9.59 Å². The summed E-state index contributed by atoms with van der Waals surface area (Å²) in [4.78, 5) is 29.3. The summed E-state index contributed by atoms with van der Waals surface area (Å²) in [6.45, 7) is 6.41. The monoisotopic (exact) mass is 389 g/mol. The molecule has 1 aromatic heterocycles. The molecular formula is C23H23N3O3. The molecule has 0 aliphatic heterocycles. The maximum Gasteiger partial charge on any atom is 0.274 e. The first-order valence-electron chi connectivity index (χ1n) is 9.35. The maximum absolute atomic E-state index is 12.5. The van der Waals surface area contributed by atoms with Crippen molar-refractivity contribution in [2.45, 2.75) is 20.8 Å². The molecule has 0 spiro atoms. The van der Waals surface area contributed by atoms with Crippen LogP contribution in [0.4, 0.5) is 11.4 Å². The lowest BCUT2D eigenvalue weighted by Crippen LogP contribution is -2.18. The van der Waals surface area contributed by atoms with E-state index in [1.165, 1.54) is 0 Å². The number of aryl methyl sites for hydroxylation is 2. The largest absolute Gasteiger partial charge is 0.494 e. The highest BCUT2D eigenvalue weighted by Crippen LogP contribution is 2.17. The van der Waals surface area contributed by atoms with Gasteiger partial charge in [-0.25, -0.2) is 4.98 Å². The van der Waals surface area contributed by atoms with Crippen LogP contribution in [0.1, 0.15) is 39.0 Å². The molecule has 0 fully saturated rings. The summed E-state index contributed by atoms with van der Waals surface area (Å²) < 4.78 is 5.39. The number of carbonyl (C=O) groups excluding carboxylic acids is 2. The number of nitrogens with one attached hydrogen (secondary N) is 2. The van der Waals surface area contributed by atoms with Gasteiger partial charge in [-0.1, -0.05) is 12.1 Å². The normalized spacial score (nSPS) is 10.3. The first-order chi connectivity index (χ1) is 13.9. The highest BCUT2D eigenvalue weighted by Gasteiger charge is 2.13. The lowest BCUT2D eigenvalue weighted by molar-refractivity contribution is 0.101. The molecule has 0 aliphatic carbocycles. The fraction of sp³-hybridized carbons (Fsp3) is 0.174. The van der Waals surface area contributed by atoms with Crippen molar-refractivity contribution >= 4 is 23.2 Å². The number of ether oxygens (including phenoxy) is 1. The smallest absolute Gasteiger partial charge is 0.274 e. The fourth-order valence-electron chi connectivity index (χ4n) is 2.93. The highest BCUT2D eigenvalue weighted by molar-refractivity contribution is 6.06. The van der Waals surface area contributed by atoms with Crippen LogP contribution >= 0.6 is 0 Å². The molecule has 1 heterocycles. The number of pyridine rings is 1. The van der Waals surface area contributed by atoms with Gasteiger partial charge in [0.1, 0.15) is 17.1 Å². The van der Waals surface area contributed by atoms with Crippen LogP contribution < -0.4 is 15.4 Å². The number of hydrogen-bond acceptors (Lipinski definition) is 4. The van der Waals surface area contributed by atoms with E-state index in [0.29, 0.717) is 18.0 Å². The molecule has 6 nitrogen and oxygen atoms in total. The van der Waals surface area contributed by atoms with Gasteiger partial charge in [0, 0.05) is 11.4 Å². The van der Waals surface area contributed by atoms with Crippen molar-refractivity contribution in [3.05, 3.63) is 83.2 Å². The zero-order valence-electron chi connectivity index (χ0n) is 16.7.